The normalized spacial score (nSPS) is 16.6. The van der Waals surface area contributed by atoms with Gasteiger partial charge in [0.25, 0.3) is 0 Å². The third-order valence-electron chi connectivity index (χ3n) is 1.79. The fourth-order valence-electron chi connectivity index (χ4n) is 1.21. The summed E-state index contributed by atoms with van der Waals surface area (Å²) in [6.07, 6.45) is -0.218. The van der Waals surface area contributed by atoms with Gasteiger partial charge in [-0.3, -0.25) is 0 Å². The van der Waals surface area contributed by atoms with Gasteiger partial charge in [0.15, 0.2) is 6.29 Å². The zero-order valence-electron chi connectivity index (χ0n) is 7.53. The second-order valence-corrected chi connectivity index (χ2v) is 3.71. The van der Waals surface area contributed by atoms with E-state index in [0.29, 0.717) is 13.2 Å². The molecule has 1 N–H and O–H groups in total. The first-order chi connectivity index (χ1) is 6.90. The minimum Gasteiger partial charge on any atom is -0.384 e. The molecule has 14 heavy (non-hydrogen) atoms. The number of aliphatic hydroxyl groups excluding tert-OH is 1. The first kappa shape index (κ1) is 9.69. The van der Waals surface area contributed by atoms with E-state index in [1.165, 1.54) is 0 Å². The molecule has 1 fully saturated rings. The summed E-state index contributed by atoms with van der Waals surface area (Å²) < 4.78 is 10.7. The van der Waals surface area contributed by atoms with Crippen LogP contribution in [0, 0.1) is 11.8 Å². The van der Waals surface area contributed by atoms with E-state index in [1.54, 1.807) is 11.3 Å². The summed E-state index contributed by atoms with van der Waals surface area (Å²) >= 11 is 1.56. The molecular weight excluding hydrogens is 200 g/mol. The average molecular weight is 210 g/mol. The topological polar surface area (TPSA) is 38.7 Å². The van der Waals surface area contributed by atoms with E-state index in [1.807, 2.05) is 11.4 Å². The molecule has 74 valence electrons. The molecule has 0 aliphatic carbocycles. The molecule has 3 nitrogen and oxygen atoms in total. The Labute approximate surface area is 86.3 Å². The van der Waals surface area contributed by atoms with Gasteiger partial charge in [0.1, 0.15) is 6.61 Å². The highest BCUT2D eigenvalue weighted by Crippen LogP contribution is 2.28. The molecule has 0 bridgehead atoms. The van der Waals surface area contributed by atoms with Crippen molar-refractivity contribution in [2.24, 2.45) is 0 Å². The minimum atomic E-state index is -0.218. The van der Waals surface area contributed by atoms with Gasteiger partial charge in [-0.2, -0.15) is 0 Å². The van der Waals surface area contributed by atoms with Gasteiger partial charge in [-0.1, -0.05) is 11.8 Å². The highest BCUT2D eigenvalue weighted by molar-refractivity contribution is 7.10. The second kappa shape index (κ2) is 4.58. The van der Waals surface area contributed by atoms with Crippen LogP contribution in [0.1, 0.15) is 16.7 Å². The fraction of sp³-hybridized carbons (Fsp3) is 0.400. The Bertz CT molecular complexity index is 355. The Morgan fingerprint density at radius 3 is 3.00 bits per heavy atom. The van der Waals surface area contributed by atoms with Crippen LogP contribution < -0.4 is 0 Å². The molecule has 4 heteroatoms. The number of ether oxygens (including phenoxy) is 2. The van der Waals surface area contributed by atoms with Crippen LogP contribution in [-0.2, 0) is 9.47 Å². The minimum absolute atomic E-state index is 0.110. The Morgan fingerprint density at radius 2 is 2.29 bits per heavy atom. The molecule has 0 radical (unpaired) electrons. The summed E-state index contributed by atoms with van der Waals surface area (Å²) in [5.41, 5.74) is 0.901. The van der Waals surface area contributed by atoms with E-state index in [0.717, 1.165) is 10.4 Å². The summed E-state index contributed by atoms with van der Waals surface area (Å²) in [6.45, 7) is 1.20. The lowest BCUT2D eigenvalue weighted by Gasteiger charge is -2.03. The number of hydrogen-bond donors (Lipinski definition) is 1. The van der Waals surface area contributed by atoms with Gasteiger partial charge in [-0.25, -0.2) is 0 Å². The maximum Gasteiger partial charge on any atom is 0.193 e. The standard InChI is InChI=1S/C10H10O3S/c11-3-1-2-8-6-9(14-7-8)10-12-4-5-13-10/h6-7,10-11H,3-5H2. The van der Waals surface area contributed by atoms with Gasteiger partial charge in [-0.15, -0.1) is 11.3 Å². The lowest BCUT2D eigenvalue weighted by atomic mass is 10.3. The van der Waals surface area contributed by atoms with Gasteiger partial charge in [-0.05, 0) is 6.07 Å². The number of thiophene rings is 1. The Morgan fingerprint density at radius 1 is 1.50 bits per heavy atom. The van der Waals surface area contributed by atoms with Gasteiger partial charge in [0.2, 0.25) is 0 Å². The first-order valence-corrected chi connectivity index (χ1v) is 5.19. The van der Waals surface area contributed by atoms with Crippen molar-refractivity contribution in [2.45, 2.75) is 6.29 Å². The molecule has 1 aromatic rings. The monoisotopic (exact) mass is 210 g/mol. The fourth-order valence-corrected chi connectivity index (χ4v) is 2.04. The highest BCUT2D eigenvalue weighted by Gasteiger charge is 2.19. The zero-order valence-corrected chi connectivity index (χ0v) is 8.34. The van der Waals surface area contributed by atoms with E-state index >= 15 is 0 Å². The van der Waals surface area contributed by atoms with Crippen molar-refractivity contribution in [1.29, 1.82) is 0 Å². The molecule has 0 aromatic carbocycles. The Balaban J connectivity index is 2.08. The molecule has 1 aliphatic rings. The van der Waals surface area contributed by atoms with E-state index in [-0.39, 0.29) is 12.9 Å². The molecule has 1 aromatic heterocycles. The van der Waals surface area contributed by atoms with Crippen molar-refractivity contribution in [3.8, 4) is 11.8 Å². The summed E-state index contributed by atoms with van der Waals surface area (Å²) in [4.78, 5) is 1.03. The van der Waals surface area contributed by atoms with Crippen LogP contribution in [0.4, 0.5) is 0 Å². The molecule has 1 aliphatic heterocycles. The van der Waals surface area contributed by atoms with Gasteiger partial charge in [0, 0.05) is 10.9 Å². The molecule has 2 heterocycles. The SMILES string of the molecule is OCC#Cc1csc(C2OCCO2)c1. The molecule has 0 saturated carbocycles. The van der Waals surface area contributed by atoms with Crippen molar-refractivity contribution in [1.82, 2.24) is 0 Å². The summed E-state index contributed by atoms with van der Waals surface area (Å²) in [7, 11) is 0. The smallest absolute Gasteiger partial charge is 0.193 e. The predicted molar refractivity (Wildman–Crippen MR) is 52.9 cm³/mol. The van der Waals surface area contributed by atoms with Crippen molar-refractivity contribution in [3.63, 3.8) is 0 Å². The van der Waals surface area contributed by atoms with Crippen LogP contribution in [0.25, 0.3) is 0 Å². The Hall–Kier alpha value is -0.860. The number of rotatable bonds is 1. The molecule has 2 rings (SSSR count). The average Bonchev–Trinajstić information content (AvgIpc) is 2.85. The Kier molecular flexibility index (Phi) is 3.17. The van der Waals surface area contributed by atoms with Crippen LogP contribution in [-0.4, -0.2) is 24.9 Å². The maximum absolute atomic E-state index is 8.53. The largest absolute Gasteiger partial charge is 0.384 e. The zero-order chi connectivity index (χ0) is 9.80. The lowest BCUT2D eigenvalue weighted by molar-refractivity contribution is -0.0413. The van der Waals surface area contributed by atoms with Gasteiger partial charge < -0.3 is 14.6 Å². The predicted octanol–water partition coefficient (Wildman–Crippen LogP) is 1.14. The quantitative estimate of drug-likeness (QED) is 0.706. The maximum atomic E-state index is 8.53. The molecule has 0 atom stereocenters. The summed E-state index contributed by atoms with van der Waals surface area (Å²) in [5, 5.41) is 10.5. The second-order valence-electron chi connectivity index (χ2n) is 2.77. The molecule has 0 unspecified atom stereocenters. The molecule has 0 amide bonds. The van der Waals surface area contributed by atoms with Crippen LogP contribution in [0.2, 0.25) is 0 Å². The van der Waals surface area contributed by atoms with Crippen molar-refractivity contribution in [2.75, 3.05) is 19.8 Å². The van der Waals surface area contributed by atoms with Crippen LogP contribution >= 0.6 is 11.3 Å². The molecule has 1 saturated heterocycles. The molecular formula is C10H10O3S. The molecule has 0 spiro atoms. The van der Waals surface area contributed by atoms with Crippen molar-refractivity contribution in [3.05, 3.63) is 21.9 Å². The van der Waals surface area contributed by atoms with E-state index in [2.05, 4.69) is 11.8 Å². The van der Waals surface area contributed by atoms with Gasteiger partial charge >= 0.3 is 0 Å². The summed E-state index contributed by atoms with van der Waals surface area (Å²) in [5.74, 6) is 5.44. The van der Waals surface area contributed by atoms with Crippen LogP contribution in [0.3, 0.4) is 0 Å². The van der Waals surface area contributed by atoms with Crippen molar-refractivity contribution >= 4 is 11.3 Å². The number of aliphatic hydroxyl groups is 1. The van der Waals surface area contributed by atoms with E-state index in [9.17, 15) is 0 Å². The highest BCUT2D eigenvalue weighted by atomic mass is 32.1. The van der Waals surface area contributed by atoms with Crippen LogP contribution in [0.15, 0.2) is 11.4 Å². The summed E-state index contributed by atoms with van der Waals surface area (Å²) in [6, 6.07) is 1.93. The van der Waals surface area contributed by atoms with E-state index in [4.69, 9.17) is 14.6 Å². The van der Waals surface area contributed by atoms with Gasteiger partial charge in [0.05, 0.1) is 18.1 Å². The third kappa shape index (κ3) is 2.14. The van der Waals surface area contributed by atoms with Crippen molar-refractivity contribution < 1.29 is 14.6 Å². The third-order valence-corrected chi connectivity index (χ3v) is 2.74. The van der Waals surface area contributed by atoms with Crippen LogP contribution in [0.5, 0.6) is 0 Å². The first-order valence-electron chi connectivity index (χ1n) is 4.31. The number of hydrogen-bond acceptors (Lipinski definition) is 4. The van der Waals surface area contributed by atoms with E-state index < -0.39 is 0 Å². The lowest BCUT2D eigenvalue weighted by Crippen LogP contribution is -1.93.